The van der Waals surface area contributed by atoms with E-state index in [9.17, 15) is 27.2 Å². The van der Waals surface area contributed by atoms with Crippen molar-refractivity contribution in [3.8, 4) is 34.7 Å². The summed E-state index contributed by atoms with van der Waals surface area (Å²) in [5.74, 6) is -5.16. The number of halogens is 4. The number of carbonyl (C=O) groups is 2. The van der Waals surface area contributed by atoms with Crippen LogP contribution in [-0.2, 0) is 0 Å². The quantitative estimate of drug-likeness (QED) is 0.0864. The lowest BCUT2D eigenvalue weighted by Gasteiger charge is -2.10. The standard InChI is InChI=1S/C20H17F2N7O.C17H13F2N5O2.C3H6N2/c1-11(7-23)26-19(30)15-5-2-12(6-16(15)21)18-17(22)9-24-20(28-18)27-13-8-25-29(10-13)14-3-4-14;18-13-5-9(1-4-12(13)16(25)26)15-14(19)7-20-17(23-15)22-10-6-21-24(8-10)11-2-3-11;1-3(5)2-4/h2,5-6,8-11,14H,3-4H2,1H3,(H,26,30)(H,24,27,28);1,4-8,11H,2-3H2,(H,25,26)(H,20,22,23);3H,5H2,1H3/t11-;;3-/m0.0/s1. The molecular weight excluding hydrogens is 801 g/mol. The lowest BCUT2D eigenvalue weighted by molar-refractivity contribution is 0.0691. The van der Waals surface area contributed by atoms with Crippen LogP contribution in [0.4, 0.5) is 40.8 Å². The Hall–Kier alpha value is -7.78. The van der Waals surface area contributed by atoms with E-state index < -0.39 is 46.8 Å². The second kappa shape index (κ2) is 18.9. The van der Waals surface area contributed by atoms with Gasteiger partial charge in [0.2, 0.25) is 11.9 Å². The SMILES string of the molecule is C[C@@H](C#N)NC(=O)c1ccc(-c2nc(Nc3cnn(C4CC4)c3)ncc2F)cc1F.C[C@H](N)C#N.O=C(O)c1ccc(-c2nc(Nc3cnn(C4CC4)c3)ncc2F)cc1F. The predicted octanol–water partition coefficient (Wildman–Crippen LogP) is 6.59. The Morgan fingerprint density at radius 1 is 0.738 bits per heavy atom. The zero-order valence-electron chi connectivity index (χ0n) is 32.4. The van der Waals surface area contributed by atoms with Gasteiger partial charge in [-0.25, -0.2) is 42.3 Å². The Morgan fingerprint density at radius 3 is 1.56 bits per heavy atom. The molecule has 61 heavy (non-hydrogen) atoms. The number of hydrogen-bond acceptors (Lipinski definition) is 13. The van der Waals surface area contributed by atoms with Crippen molar-refractivity contribution in [2.24, 2.45) is 5.73 Å². The van der Waals surface area contributed by atoms with Gasteiger partial charge < -0.3 is 26.8 Å². The second-order valence-electron chi connectivity index (χ2n) is 13.8. The van der Waals surface area contributed by atoms with Gasteiger partial charge in [-0.2, -0.15) is 20.7 Å². The van der Waals surface area contributed by atoms with Crippen LogP contribution < -0.4 is 21.7 Å². The first kappa shape index (κ1) is 42.8. The second-order valence-corrected chi connectivity index (χ2v) is 13.8. The van der Waals surface area contributed by atoms with Crippen molar-refractivity contribution in [1.29, 1.82) is 10.5 Å². The van der Waals surface area contributed by atoms with E-state index in [1.807, 2.05) is 27.8 Å². The monoisotopic (exact) mass is 836 g/mol. The minimum absolute atomic E-state index is 0.113. The van der Waals surface area contributed by atoms with Crippen LogP contribution in [0.15, 0.2) is 73.6 Å². The molecule has 6 N–H and O–H groups in total. The fraction of sp³-hybridized carbons (Fsp3) is 0.250. The normalized spacial score (nSPS) is 13.8. The maximum Gasteiger partial charge on any atom is 0.338 e. The van der Waals surface area contributed by atoms with Gasteiger partial charge in [-0.05, 0) is 63.8 Å². The van der Waals surface area contributed by atoms with Gasteiger partial charge in [-0.3, -0.25) is 14.2 Å². The number of rotatable bonds is 11. The smallest absolute Gasteiger partial charge is 0.338 e. The molecule has 0 spiro atoms. The van der Waals surface area contributed by atoms with Crippen molar-refractivity contribution in [3.63, 3.8) is 0 Å². The fourth-order valence-electron chi connectivity index (χ4n) is 5.39. The summed E-state index contributed by atoms with van der Waals surface area (Å²) in [5.41, 5.74) is 5.52. The number of carboxylic acid groups (broad SMARTS) is 1. The molecule has 21 heteroatoms. The summed E-state index contributed by atoms with van der Waals surface area (Å²) in [5, 5.41) is 42.1. The molecule has 2 saturated carbocycles. The van der Waals surface area contributed by atoms with Crippen LogP contribution in [-0.4, -0.2) is 68.6 Å². The number of aromatic nitrogens is 8. The summed E-state index contributed by atoms with van der Waals surface area (Å²) < 4.78 is 60.4. The third kappa shape index (κ3) is 11.2. The van der Waals surface area contributed by atoms with Crippen LogP contribution in [0.25, 0.3) is 22.5 Å². The maximum absolute atomic E-state index is 14.5. The van der Waals surface area contributed by atoms with E-state index in [1.165, 1.54) is 25.1 Å². The third-order valence-electron chi connectivity index (χ3n) is 8.75. The van der Waals surface area contributed by atoms with Gasteiger partial charge >= 0.3 is 5.97 Å². The van der Waals surface area contributed by atoms with Crippen LogP contribution in [0.5, 0.6) is 0 Å². The highest BCUT2D eigenvalue weighted by Gasteiger charge is 2.25. The van der Waals surface area contributed by atoms with Gasteiger partial charge in [0.25, 0.3) is 5.91 Å². The summed E-state index contributed by atoms with van der Waals surface area (Å²) in [7, 11) is 0. The average molecular weight is 837 g/mol. The molecule has 0 bridgehead atoms. The summed E-state index contributed by atoms with van der Waals surface area (Å²) in [6.07, 6.45) is 13.2. The van der Waals surface area contributed by atoms with Crippen LogP contribution in [0, 0.1) is 45.9 Å². The number of carbonyl (C=O) groups excluding carboxylic acids is 1. The van der Waals surface area contributed by atoms with E-state index in [0.717, 1.165) is 56.3 Å². The third-order valence-corrected chi connectivity index (χ3v) is 8.75. The van der Waals surface area contributed by atoms with Crippen molar-refractivity contribution in [3.05, 3.63) is 108 Å². The number of amides is 1. The minimum Gasteiger partial charge on any atom is -0.478 e. The fourth-order valence-corrected chi connectivity index (χ4v) is 5.39. The van der Waals surface area contributed by atoms with Crippen LogP contribution in [0.2, 0.25) is 0 Å². The Kier molecular flexibility index (Phi) is 13.2. The molecule has 0 aliphatic heterocycles. The number of nitrogens with zero attached hydrogens (tertiary/aromatic N) is 10. The van der Waals surface area contributed by atoms with Gasteiger partial charge in [0.15, 0.2) is 11.6 Å². The van der Waals surface area contributed by atoms with E-state index in [1.54, 1.807) is 25.4 Å². The zero-order chi connectivity index (χ0) is 43.8. The molecule has 2 aliphatic carbocycles. The molecule has 2 atom stereocenters. The molecule has 4 heterocycles. The summed E-state index contributed by atoms with van der Waals surface area (Å²) in [4.78, 5) is 38.9. The molecule has 17 nitrogen and oxygen atoms in total. The van der Waals surface area contributed by atoms with Gasteiger partial charge in [-0.15, -0.1) is 0 Å². The Bertz CT molecular complexity index is 2650. The van der Waals surface area contributed by atoms with E-state index in [-0.39, 0.29) is 46.0 Å². The first-order chi connectivity index (χ1) is 29.2. The van der Waals surface area contributed by atoms with E-state index in [4.69, 9.17) is 21.4 Å². The summed E-state index contributed by atoms with van der Waals surface area (Å²) in [6.45, 7) is 3.11. The lowest BCUT2D eigenvalue weighted by Crippen LogP contribution is -2.31. The Balaban J connectivity index is 0.000000185. The van der Waals surface area contributed by atoms with Gasteiger partial charge in [-0.1, -0.05) is 12.1 Å². The molecular formula is C40H36F4N14O3. The highest BCUT2D eigenvalue weighted by Crippen LogP contribution is 2.36. The average Bonchev–Trinajstić information content (AvgIpc) is 4.18. The molecule has 0 unspecified atom stereocenters. The van der Waals surface area contributed by atoms with Gasteiger partial charge in [0.05, 0.1) is 77.6 Å². The van der Waals surface area contributed by atoms with Crippen molar-refractivity contribution in [2.75, 3.05) is 10.6 Å². The van der Waals surface area contributed by atoms with E-state index >= 15 is 0 Å². The highest BCUT2D eigenvalue weighted by molar-refractivity contribution is 5.95. The summed E-state index contributed by atoms with van der Waals surface area (Å²) >= 11 is 0. The molecule has 6 aromatic rings. The molecule has 1 amide bonds. The molecule has 2 fully saturated rings. The number of nitrogens with two attached hydrogens (primary N) is 1. The molecule has 8 rings (SSSR count). The topological polar surface area (TPSA) is 251 Å². The molecule has 4 aromatic heterocycles. The number of nitriles is 2. The first-order valence-corrected chi connectivity index (χ1v) is 18.6. The number of nitrogens with one attached hydrogen (secondary N) is 3. The van der Waals surface area contributed by atoms with Crippen molar-refractivity contribution in [1.82, 2.24) is 44.8 Å². The molecule has 0 radical (unpaired) electrons. The van der Waals surface area contributed by atoms with Crippen molar-refractivity contribution in [2.45, 2.75) is 63.7 Å². The van der Waals surface area contributed by atoms with Gasteiger partial charge in [0, 0.05) is 23.5 Å². The van der Waals surface area contributed by atoms with Gasteiger partial charge in [0.1, 0.15) is 29.1 Å². The Labute approximate surface area is 344 Å². The number of carboxylic acids is 1. The number of benzene rings is 2. The molecule has 2 aromatic carbocycles. The summed E-state index contributed by atoms with van der Waals surface area (Å²) in [6, 6.07) is 10.3. The number of anilines is 4. The Morgan fingerprint density at radius 2 is 1.18 bits per heavy atom. The minimum atomic E-state index is -1.40. The van der Waals surface area contributed by atoms with Crippen molar-refractivity contribution >= 4 is 35.1 Å². The number of aromatic carboxylic acids is 1. The lowest BCUT2D eigenvalue weighted by atomic mass is 10.1. The molecule has 312 valence electrons. The van der Waals surface area contributed by atoms with Crippen molar-refractivity contribution < 1.29 is 32.3 Å². The van der Waals surface area contributed by atoms with E-state index in [0.29, 0.717) is 23.5 Å². The maximum atomic E-state index is 14.5. The number of hydrogen-bond donors (Lipinski definition) is 5. The van der Waals surface area contributed by atoms with E-state index in [2.05, 4.69) is 46.1 Å². The molecule has 2 aliphatic rings. The van der Waals surface area contributed by atoms with Crippen LogP contribution in [0.3, 0.4) is 0 Å². The largest absolute Gasteiger partial charge is 0.478 e. The zero-order valence-corrected chi connectivity index (χ0v) is 32.4. The van der Waals surface area contributed by atoms with Crippen LogP contribution in [0.1, 0.15) is 72.3 Å². The highest BCUT2D eigenvalue weighted by atomic mass is 19.1. The predicted molar refractivity (Wildman–Crippen MR) is 211 cm³/mol. The molecule has 0 saturated heterocycles. The van der Waals surface area contributed by atoms with Crippen LogP contribution >= 0.6 is 0 Å². The first-order valence-electron chi connectivity index (χ1n) is 18.6.